The molecule has 8 rings (SSSR count). The maximum atomic E-state index is 14.1. The Bertz CT molecular complexity index is 2060. The van der Waals surface area contributed by atoms with Gasteiger partial charge in [0.2, 0.25) is 0 Å². The summed E-state index contributed by atoms with van der Waals surface area (Å²) in [5.74, 6) is -0.0271. The van der Waals surface area contributed by atoms with Gasteiger partial charge in [0.1, 0.15) is 11.4 Å². The molecule has 0 saturated carbocycles. The summed E-state index contributed by atoms with van der Waals surface area (Å²) in [6.07, 6.45) is 3.52. The van der Waals surface area contributed by atoms with Crippen LogP contribution in [0.15, 0.2) is 48.8 Å². The predicted molar refractivity (Wildman–Crippen MR) is 155 cm³/mol. The van der Waals surface area contributed by atoms with Crippen molar-refractivity contribution in [1.29, 1.82) is 0 Å². The van der Waals surface area contributed by atoms with Crippen LogP contribution in [0.4, 0.5) is 32.1 Å². The van der Waals surface area contributed by atoms with Crippen LogP contribution in [-0.2, 0) is 57.3 Å². The van der Waals surface area contributed by atoms with Crippen LogP contribution in [0.25, 0.3) is 11.4 Å². The number of nitro benzene ring substituents is 1. The van der Waals surface area contributed by atoms with Crippen LogP contribution in [0.1, 0.15) is 22.5 Å². The second kappa shape index (κ2) is 12.2. The van der Waals surface area contributed by atoms with Crippen molar-refractivity contribution in [3.8, 4) is 11.4 Å². The summed E-state index contributed by atoms with van der Waals surface area (Å²) in [6.45, 7) is 2.22. The molecule has 0 bridgehead atoms. The van der Waals surface area contributed by atoms with E-state index in [0.29, 0.717) is 49.5 Å². The van der Waals surface area contributed by atoms with Gasteiger partial charge in [-0.05, 0) is 34.7 Å². The van der Waals surface area contributed by atoms with Gasteiger partial charge in [0.15, 0.2) is 11.6 Å². The minimum atomic E-state index is -0.696. The molecule has 0 atom stereocenters. The zero-order valence-electron chi connectivity index (χ0n) is 24.7. The minimum Gasteiger partial charge on any atom is -0.399 e. The normalized spacial score (nSPS) is 13.2. The molecule has 0 spiro atoms. The first-order valence-corrected chi connectivity index (χ1v) is 13.7. The van der Waals surface area contributed by atoms with Crippen molar-refractivity contribution in [2.75, 3.05) is 15.5 Å². The van der Waals surface area contributed by atoms with Crippen LogP contribution < -0.4 is 15.5 Å². The second-order valence-electron chi connectivity index (χ2n) is 10.6. The number of hydrogen-bond donors (Lipinski definition) is 1. The van der Waals surface area contributed by atoms with Crippen molar-refractivity contribution < 1.29 is 30.8 Å². The van der Waals surface area contributed by atoms with Crippen LogP contribution in [-0.4, -0.2) is 64.9 Å². The number of halogens is 2. The van der Waals surface area contributed by atoms with Gasteiger partial charge in [0.05, 0.1) is 49.6 Å². The molecular weight excluding hydrogens is 662 g/mol. The summed E-state index contributed by atoms with van der Waals surface area (Å²) >= 11 is 0. The van der Waals surface area contributed by atoms with Gasteiger partial charge in [-0.25, -0.2) is 18.1 Å². The standard InChI is InChI=1S/C13H11FN8O2.C13H13FN8.Fe/c1-19-17-13(15-18-19)20-5-8-6-21(16-11(8)7-20)12-3-2-9(22(23)24)4-10(12)14;1-20-18-13(16-19-20)21-5-8-6-22(17-11(8)7-21)12-3-2-9(15)4-10(12)14;/h2-4,6H,5,7H2,1H3;2-4,6H,5,7,15H2,1H3;. The van der Waals surface area contributed by atoms with E-state index in [-0.39, 0.29) is 28.4 Å². The van der Waals surface area contributed by atoms with Gasteiger partial charge >= 0.3 is 0 Å². The topological polar surface area (TPSA) is 198 Å². The number of nitrogens with zero attached hydrogens (tertiary/aromatic N) is 15. The Morgan fingerprint density at radius 3 is 1.64 bits per heavy atom. The molecule has 0 fully saturated rings. The van der Waals surface area contributed by atoms with E-state index in [1.54, 1.807) is 37.1 Å². The number of aryl methyl sites for hydroxylation is 2. The van der Waals surface area contributed by atoms with Crippen LogP contribution in [0.5, 0.6) is 0 Å². The molecule has 6 aromatic rings. The number of fused-ring (bicyclic) bond motifs is 2. The molecule has 0 saturated heterocycles. The Morgan fingerprint density at radius 1 is 0.745 bits per heavy atom. The van der Waals surface area contributed by atoms with Gasteiger partial charge in [-0.1, -0.05) is 10.2 Å². The van der Waals surface area contributed by atoms with Crippen molar-refractivity contribution in [3.05, 3.63) is 93.1 Å². The number of nitro groups is 1. The van der Waals surface area contributed by atoms with Crippen molar-refractivity contribution in [2.24, 2.45) is 14.1 Å². The summed E-state index contributed by atoms with van der Waals surface area (Å²) in [5.41, 5.74) is 9.80. The Hall–Kier alpha value is -5.82. The smallest absolute Gasteiger partial charge is 0.272 e. The molecule has 2 N–H and O–H groups in total. The Balaban J connectivity index is 0.000000161. The summed E-state index contributed by atoms with van der Waals surface area (Å²) in [6, 6.07) is 8.05. The number of nitrogen functional groups attached to an aromatic ring is 1. The molecule has 0 radical (unpaired) electrons. The first kappa shape index (κ1) is 31.2. The predicted octanol–water partition coefficient (Wildman–Crippen LogP) is 1.60. The largest absolute Gasteiger partial charge is 0.399 e. The number of tetrazole rings is 2. The number of anilines is 3. The van der Waals surface area contributed by atoms with Crippen LogP contribution in [0, 0.1) is 21.7 Å². The quantitative estimate of drug-likeness (QED) is 0.119. The Labute approximate surface area is 274 Å². The third-order valence-electron chi connectivity index (χ3n) is 7.33. The number of hydrogen-bond acceptors (Lipinski definition) is 13. The van der Waals surface area contributed by atoms with Crippen molar-refractivity contribution in [1.82, 2.24) is 60.0 Å². The van der Waals surface area contributed by atoms with Crippen LogP contribution >= 0.6 is 0 Å². The molecule has 6 heterocycles. The maximum absolute atomic E-state index is 14.1. The van der Waals surface area contributed by atoms with Gasteiger partial charge in [-0.3, -0.25) is 10.1 Å². The van der Waals surface area contributed by atoms with Crippen LogP contribution in [0.3, 0.4) is 0 Å². The third-order valence-corrected chi connectivity index (χ3v) is 7.33. The van der Waals surface area contributed by atoms with E-state index in [4.69, 9.17) is 5.73 Å². The van der Waals surface area contributed by atoms with E-state index in [1.807, 2.05) is 16.0 Å². The third kappa shape index (κ3) is 6.08. The summed E-state index contributed by atoms with van der Waals surface area (Å²) in [7, 11) is 3.40. The van der Waals surface area contributed by atoms with Gasteiger partial charge in [0, 0.05) is 65.4 Å². The Kier molecular flexibility index (Phi) is 8.07. The van der Waals surface area contributed by atoms with Gasteiger partial charge < -0.3 is 15.5 Å². The van der Waals surface area contributed by atoms with Crippen LogP contribution in [0.2, 0.25) is 0 Å². The van der Waals surface area contributed by atoms with E-state index in [0.717, 1.165) is 28.6 Å². The van der Waals surface area contributed by atoms with Crippen molar-refractivity contribution in [3.63, 3.8) is 0 Å². The molecule has 0 unspecified atom stereocenters. The minimum absolute atomic E-state index is 0. The molecule has 0 aliphatic carbocycles. The first-order valence-electron chi connectivity index (χ1n) is 13.7. The maximum Gasteiger partial charge on any atom is 0.272 e. The molecule has 242 valence electrons. The van der Waals surface area contributed by atoms with Crippen molar-refractivity contribution in [2.45, 2.75) is 26.2 Å². The fourth-order valence-electron chi connectivity index (χ4n) is 5.14. The Morgan fingerprint density at radius 2 is 1.23 bits per heavy atom. The molecule has 2 aliphatic rings. The fraction of sp³-hybridized carbons (Fsp3) is 0.231. The first-order chi connectivity index (χ1) is 22.1. The molecule has 18 nitrogen and oxygen atoms in total. The molecule has 2 aromatic carbocycles. The second-order valence-corrected chi connectivity index (χ2v) is 10.6. The molecule has 4 aromatic heterocycles. The zero-order chi connectivity index (χ0) is 32.1. The van der Waals surface area contributed by atoms with E-state index in [2.05, 4.69) is 41.0 Å². The SMILES string of the molecule is Cn1nnc(N2Cc3cn(-c4ccc(N)cc4F)nc3C2)n1.Cn1nnc(N2Cc3cn(-c4ccc([N+](=O)[O-])cc4F)nc3C2)n1.[Fe]. The number of non-ortho nitro benzene ring substituents is 1. The monoisotopic (exact) mass is 686 g/mol. The average Bonchev–Trinajstić information content (AvgIpc) is 3.83. The number of benzene rings is 2. The van der Waals surface area contributed by atoms with E-state index >= 15 is 0 Å². The molecule has 2 aliphatic heterocycles. The zero-order valence-corrected chi connectivity index (χ0v) is 25.8. The fourth-order valence-corrected chi connectivity index (χ4v) is 5.14. The molecule has 47 heavy (non-hydrogen) atoms. The van der Waals surface area contributed by atoms with Gasteiger partial charge in [-0.15, -0.1) is 10.2 Å². The van der Waals surface area contributed by atoms with E-state index in [9.17, 15) is 18.9 Å². The summed E-state index contributed by atoms with van der Waals surface area (Å²) < 4.78 is 31.0. The number of nitrogens with two attached hydrogens (primary N) is 1. The van der Waals surface area contributed by atoms with E-state index < -0.39 is 16.6 Å². The molecule has 0 amide bonds. The molecular formula is C26H24F2FeN16O2. The summed E-state index contributed by atoms with van der Waals surface area (Å²) in [4.78, 5) is 16.7. The van der Waals surface area contributed by atoms with E-state index in [1.165, 1.54) is 32.5 Å². The van der Waals surface area contributed by atoms with Gasteiger partial charge in [0.25, 0.3) is 17.6 Å². The summed E-state index contributed by atoms with van der Waals surface area (Å²) in [5, 5.41) is 43.3. The number of aromatic nitrogens is 12. The molecule has 21 heteroatoms. The van der Waals surface area contributed by atoms with Crippen molar-refractivity contribution >= 4 is 23.3 Å². The number of rotatable bonds is 5. The van der Waals surface area contributed by atoms with Gasteiger partial charge in [-0.2, -0.15) is 19.8 Å². The average molecular weight is 686 g/mol.